The van der Waals surface area contributed by atoms with E-state index in [9.17, 15) is 9.90 Å². The van der Waals surface area contributed by atoms with Crippen molar-refractivity contribution in [1.82, 2.24) is 14.9 Å². The van der Waals surface area contributed by atoms with Crippen LogP contribution >= 0.6 is 11.3 Å². The highest BCUT2D eigenvalue weighted by Crippen LogP contribution is 2.44. The second-order valence-electron chi connectivity index (χ2n) is 7.01. The normalized spacial score (nSPS) is 27.0. The molecule has 4 rings (SSSR count). The summed E-state index contributed by atoms with van der Waals surface area (Å²) in [5.74, 6) is 0.0613. The Labute approximate surface area is 151 Å². The van der Waals surface area contributed by atoms with E-state index < -0.39 is 11.4 Å². The number of carbonyl (C=O) groups is 1. The zero-order chi connectivity index (χ0) is 17.3. The minimum Gasteiger partial charge on any atom is -0.481 e. The average Bonchev–Trinajstić information content (AvgIpc) is 3.21. The monoisotopic (exact) mass is 358 g/mol. The van der Waals surface area contributed by atoms with Gasteiger partial charge in [-0.3, -0.25) is 9.69 Å². The molecule has 0 amide bonds. The van der Waals surface area contributed by atoms with Crippen LogP contribution in [-0.2, 0) is 11.3 Å². The second-order valence-corrected chi connectivity index (χ2v) is 8.04. The molecule has 25 heavy (non-hydrogen) atoms. The molecule has 0 aliphatic carbocycles. The van der Waals surface area contributed by atoms with Gasteiger partial charge in [-0.2, -0.15) is 0 Å². The summed E-state index contributed by atoms with van der Waals surface area (Å²) < 4.78 is 0. The molecule has 2 saturated heterocycles. The highest BCUT2D eigenvalue weighted by Gasteiger charge is 2.53. The topological polar surface area (TPSA) is 69.6 Å². The van der Waals surface area contributed by atoms with Crippen molar-refractivity contribution in [2.75, 3.05) is 31.1 Å². The van der Waals surface area contributed by atoms with Gasteiger partial charge in [0.1, 0.15) is 0 Å². The highest BCUT2D eigenvalue weighted by atomic mass is 32.1. The maximum atomic E-state index is 12.2. The smallest absolute Gasteiger partial charge is 0.311 e. The molecule has 132 valence electrons. The Morgan fingerprint density at radius 3 is 2.88 bits per heavy atom. The zero-order valence-corrected chi connectivity index (χ0v) is 14.9. The van der Waals surface area contributed by atoms with Gasteiger partial charge in [0.25, 0.3) is 0 Å². The fourth-order valence-corrected chi connectivity index (χ4v) is 4.98. The highest BCUT2D eigenvalue weighted by molar-refractivity contribution is 7.09. The molecule has 2 atom stereocenters. The molecule has 0 unspecified atom stereocenters. The Hall–Kier alpha value is -1.99. The number of hydrogen-bond acceptors (Lipinski definition) is 6. The predicted octanol–water partition coefficient (Wildman–Crippen LogP) is 2.34. The van der Waals surface area contributed by atoms with Crippen LogP contribution in [0.5, 0.6) is 0 Å². The summed E-state index contributed by atoms with van der Waals surface area (Å²) in [7, 11) is 0. The van der Waals surface area contributed by atoms with Crippen LogP contribution in [0.3, 0.4) is 0 Å². The Bertz CT molecular complexity index is 724. The number of anilines is 1. The van der Waals surface area contributed by atoms with E-state index >= 15 is 0 Å². The molecule has 2 aromatic heterocycles. The van der Waals surface area contributed by atoms with Crippen molar-refractivity contribution >= 4 is 23.3 Å². The molecule has 2 aliphatic heterocycles. The zero-order valence-electron chi connectivity index (χ0n) is 14.0. The largest absolute Gasteiger partial charge is 0.481 e. The van der Waals surface area contributed by atoms with E-state index in [2.05, 4.69) is 32.4 Å². The molecule has 1 N–H and O–H groups in total. The van der Waals surface area contributed by atoms with Gasteiger partial charge in [-0.15, -0.1) is 11.3 Å². The summed E-state index contributed by atoms with van der Waals surface area (Å²) in [6.45, 7) is 3.89. The van der Waals surface area contributed by atoms with Crippen LogP contribution in [-0.4, -0.2) is 52.1 Å². The Kier molecular flexibility index (Phi) is 4.43. The number of carboxylic acid groups (broad SMARTS) is 1. The Balaban J connectivity index is 1.56. The minimum absolute atomic E-state index is 0.0938. The average molecular weight is 358 g/mol. The fraction of sp³-hybridized carbons (Fsp3) is 0.500. The van der Waals surface area contributed by atoms with Crippen LogP contribution < -0.4 is 4.90 Å². The Morgan fingerprint density at radius 1 is 1.32 bits per heavy atom. The number of nitrogens with zero attached hydrogens (tertiary/aromatic N) is 4. The number of rotatable bonds is 4. The van der Waals surface area contributed by atoms with E-state index in [0.717, 1.165) is 32.5 Å². The van der Waals surface area contributed by atoms with Gasteiger partial charge in [-0.1, -0.05) is 6.07 Å². The van der Waals surface area contributed by atoms with Gasteiger partial charge >= 0.3 is 5.97 Å². The van der Waals surface area contributed by atoms with Crippen molar-refractivity contribution in [3.63, 3.8) is 0 Å². The second kappa shape index (κ2) is 6.72. The molecule has 2 fully saturated rings. The van der Waals surface area contributed by atoms with Gasteiger partial charge in [0.15, 0.2) is 0 Å². The number of fused-ring (bicyclic) bond motifs is 1. The van der Waals surface area contributed by atoms with Gasteiger partial charge in [0, 0.05) is 49.4 Å². The molecular formula is C18H22N4O2S. The molecular weight excluding hydrogens is 336 g/mol. The van der Waals surface area contributed by atoms with Crippen molar-refractivity contribution in [3.05, 3.63) is 40.8 Å². The quantitative estimate of drug-likeness (QED) is 0.905. The van der Waals surface area contributed by atoms with Crippen LogP contribution in [0.1, 0.15) is 17.7 Å². The Morgan fingerprint density at radius 2 is 2.16 bits per heavy atom. The van der Waals surface area contributed by atoms with Gasteiger partial charge in [0.05, 0.1) is 5.41 Å². The van der Waals surface area contributed by atoms with Crippen molar-refractivity contribution in [3.8, 4) is 0 Å². The lowest BCUT2D eigenvalue weighted by Gasteiger charge is -2.29. The van der Waals surface area contributed by atoms with E-state index in [0.29, 0.717) is 19.0 Å². The van der Waals surface area contributed by atoms with Crippen molar-refractivity contribution in [2.24, 2.45) is 11.3 Å². The standard InChI is InChI=1S/C18H22N4O2S/c23-16(24)18-5-2-8-21(12-15-4-1-9-25-15)10-14(18)11-22(13-18)17-19-6-3-7-20-17/h1,3-4,6-7,9,14H,2,5,8,10-13H2,(H,23,24)/t14-,18-/m0/s1. The first-order valence-electron chi connectivity index (χ1n) is 8.67. The van der Waals surface area contributed by atoms with Crippen LogP contribution in [0.4, 0.5) is 5.95 Å². The van der Waals surface area contributed by atoms with E-state index in [1.165, 1.54) is 4.88 Å². The summed E-state index contributed by atoms with van der Waals surface area (Å²) in [6.07, 6.45) is 5.06. The van der Waals surface area contributed by atoms with E-state index in [-0.39, 0.29) is 5.92 Å². The minimum atomic E-state index is -0.691. The van der Waals surface area contributed by atoms with E-state index in [4.69, 9.17) is 0 Å². The molecule has 0 saturated carbocycles. The molecule has 7 heteroatoms. The van der Waals surface area contributed by atoms with Crippen molar-refractivity contribution in [2.45, 2.75) is 19.4 Å². The lowest BCUT2D eigenvalue weighted by Crippen LogP contribution is -2.41. The number of carboxylic acids is 1. The molecule has 0 radical (unpaired) electrons. The summed E-state index contributed by atoms with van der Waals surface area (Å²) in [5.41, 5.74) is -0.691. The first kappa shape index (κ1) is 16.5. The number of aliphatic carboxylic acids is 1. The summed E-state index contributed by atoms with van der Waals surface area (Å²) in [5, 5.41) is 12.1. The number of thiophene rings is 1. The van der Waals surface area contributed by atoms with E-state index in [1.54, 1.807) is 29.8 Å². The third kappa shape index (κ3) is 3.14. The number of likely N-dealkylation sites (tertiary alicyclic amines) is 1. The molecule has 0 bridgehead atoms. The van der Waals surface area contributed by atoms with Crippen LogP contribution in [0.2, 0.25) is 0 Å². The number of aromatic nitrogens is 2. The molecule has 2 aromatic rings. The number of hydrogen-bond donors (Lipinski definition) is 1. The lowest BCUT2D eigenvalue weighted by atomic mass is 9.75. The summed E-state index contributed by atoms with van der Waals surface area (Å²) >= 11 is 1.76. The third-order valence-electron chi connectivity index (χ3n) is 5.49. The van der Waals surface area contributed by atoms with Crippen molar-refractivity contribution < 1.29 is 9.90 Å². The molecule has 0 aromatic carbocycles. The summed E-state index contributed by atoms with van der Waals surface area (Å²) in [4.78, 5) is 26.7. The molecule has 6 nitrogen and oxygen atoms in total. The fourth-order valence-electron chi connectivity index (χ4n) is 4.23. The maximum absolute atomic E-state index is 12.2. The predicted molar refractivity (Wildman–Crippen MR) is 96.6 cm³/mol. The lowest BCUT2D eigenvalue weighted by molar-refractivity contribution is -0.150. The van der Waals surface area contributed by atoms with Gasteiger partial charge < -0.3 is 10.0 Å². The van der Waals surface area contributed by atoms with Crippen LogP contribution in [0, 0.1) is 11.3 Å². The molecule has 2 aliphatic rings. The molecule has 0 spiro atoms. The van der Waals surface area contributed by atoms with Crippen LogP contribution in [0.15, 0.2) is 36.0 Å². The first-order chi connectivity index (χ1) is 12.2. The van der Waals surface area contributed by atoms with E-state index in [1.807, 2.05) is 4.90 Å². The van der Waals surface area contributed by atoms with Gasteiger partial charge in [0.2, 0.25) is 5.95 Å². The first-order valence-corrected chi connectivity index (χ1v) is 9.55. The summed E-state index contributed by atoms with van der Waals surface area (Å²) in [6, 6.07) is 6.01. The third-order valence-corrected chi connectivity index (χ3v) is 6.35. The van der Waals surface area contributed by atoms with Gasteiger partial charge in [-0.25, -0.2) is 9.97 Å². The maximum Gasteiger partial charge on any atom is 0.311 e. The van der Waals surface area contributed by atoms with Gasteiger partial charge in [-0.05, 0) is 36.9 Å². The van der Waals surface area contributed by atoms with Crippen LogP contribution in [0.25, 0.3) is 0 Å². The van der Waals surface area contributed by atoms with Crippen molar-refractivity contribution in [1.29, 1.82) is 0 Å². The molecule has 4 heterocycles. The SMILES string of the molecule is O=C(O)[C@]12CCCN(Cc3cccs3)C[C@H]1CN(c1ncccn1)C2.